The molecule has 4 rings (SSSR count). The number of hydrogen-bond donors (Lipinski definition) is 1. The number of nitrogens with one attached hydrogen (secondary N) is 1. The van der Waals surface area contributed by atoms with E-state index in [-0.39, 0.29) is 11.9 Å². The van der Waals surface area contributed by atoms with Crippen molar-refractivity contribution in [3.8, 4) is 0 Å². The van der Waals surface area contributed by atoms with E-state index in [0.717, 1.165) is 19.4 Å². The molecule has 3 atom stereocenters. The lowest BCUT2D eigenvalue weighted by Gasteiger charge is -2.39. The summed E-state index contributed by atoms with van der Waals surface area (Å²) in [6, 6.07) is 19.3. The van der Waals surface area contributed by atoms with Gasteiger partial charge in [0.2, 0.25) is 0 Å². The van der Waals surface area contributed by atoms with Crippen LogP contribution in [0, 0.1) is 0 Å². The smallest absolute Gasteiger partial charge is 0.253 e. The molecule has 25 heavy (non-hydrogen) atoms. The van der Waals surface area contributed by atoms with Crippen molar-refractivity contribution >= 4 is 17.5 Å². The molecule has 1 N–H and O–H groups in total. The maximum Gasteiger partial charge on any atom is 0.253 e. The van der Waals surface area contributed by atoms with Gasteiger partial charge >= 0.3 is 0 Å². The highest BCUT2D eigenvalue weighted by molar-refractivity contribution is 6.33. The molecule has 1 unspecified atom stereocenters. The third-order valence-electron chi connectivity index (χ3n) is 5.55. The fourth-order valence-corrected chi connectivity index (χ4v) is 4.57. The first-order valence-corrected chi connectivity index (χ1v) is 9.43. The molecule has 2 aliphatic heterocycles. The zero-order chi connectivity index (χ0) is 17.2. The molecular weight excluding hydrogens is 332 g/mol. The lowest BCUT2D eigenvalue weighted by atomic mass is 9.96. The summed E-state index contributed by atoms with van der Waals surface area (Å²) in [5.41, 5.74) is 1.95. The van der Waals surface area contributed by atoms with Gasteiger partial charge in [-0.25, -0.2) is 0 Å². The van der Waals surface area contributed by atoms with E-state index in [4.69, 9.17) is 11.6 Å². The number of fused-ring (bicyclic) bond motifs is 2. The zero-order valence-electron chi connectivity index (χ0n) is 14.2. The topological polar surface area (TPSA) is 32.3 Å². The SMILES string of the molecule is O=C(NC1C[C@H]2CC[C@@H](C1)N2Cc1ccccc1)c1ccccc1Cl. The largest absolute Gasteiger partial charge is 0.349 e. The van der Waals surface area contributed by atoms with Gasteiger partial charge in [-0.3, -0.25) is 9.69 Å². The average Bonchev–Trinajstić information content (AvgIpc) is 2.85. The van der Waals surface area contributed by atoms with Crippen LogP contribution in [-0.4, -0.2) is 28.9 Å². The van der Waals surface area contributed by atoms with Gasteiger partial charge in [-0.2, -0.15) is 0 Å². The minimum Gasteiger partial charge on any atom is -0.349 e. The van der Waals surface area contributed by atoms with Crippen molar-refractivity contribution < 1.29 is 4.79 Å². The average molecular weight is 355 g/mol. The molecule has 0 spiro atoms. The molecule has 0 aliphatic carbocycles. The summed E-state index contributed by atoms with van der Waals surface area (Å²) in [6.45, 7) is 1.02. The molecule has 0 radical (unpaired) electrons. The Kier molecular flexibility index (Phi) is 4.78. The highest BCUT2D eigenvalue weighted by Crippen LogP contribution is 2.37. The van der Waals surface area contributed by atoms with Gasteiger partial charge < -0.3 is 5.32 Å². The Morgan fingerprint density at radius 1 is 1.00 bits per heavy atom. The number of nitrogens with zero attached hydrogens (tertiary/aromatic N) is 1. The van der Waals surface area contributed by atoms with E-state index >= 15 is 0 Å². The molecule has 0 saturated carbocycles. The van der Waals surface area contributed by atoms with E-state index in [1.807, 2.05) is 12.1 Å². The highest BCUT2D eigenvalue weighted by Gasteiger charge is 2.40. The van der Waals surface area contributed by atoms with E-state index in [2.05, 4.69) is 40.5 Å². The van der Waals surface area contributed by atoms with Crippen LogP contribution in [0.1, 0.15) is 41.6 Å². The molecule has 0 aromatic heterocycles. The van der Waals surface area contributed by atoms with Crippen molar-refractivity contribution in [2.45, 2.75) is 50.4 Å². The molecule has 2 saturated heterocycles. The van der Waals surface area contributed by atoms with E-state index in [0.29, 0.717) is 22.7 Å². The van der Waals surface area contributed by atoms with Crippen LogP contribution in [0.5, 0.6) is 0 Å². The predicted molar refractivity (Wildman–Crippen MR) is 101 cm³/mol. The van der Waals surface area contributed by atoms with E-state index in [1.54, 1.807) is 12.1 Å². The third kappa shape index (κ3) is 3.58. The number of piperidine rings is 1. The normalized spacial score (nSPS) is 25.7. The van der Waals surface area contributed by atoms with Crippen LogP contribution in [0.4, 0.5) is 0 Å². The predicted octanol–water partition coefficient (Wildman–Crippen LogP) is 4.27. The summed E-state index contributed by atoms with van der Waals surface area (Å²) < 4.78 is 0. The summed E-state index contributed by atoms with van der Waals surface area (Å²) in [4.78, 5) is 15.2. The molecule has 2 aromatic carbocycles. The van der Waals surface area contributed by atoms with Crippen molar-refractivity contribution in [1.29, 1.82) is 0 Å². The number of hydrogen-bond acceptors (Lipinski definition) is 2. The minimum absolute atomic E-state index is 0.0495. The Balaban J connectivity index is 1.40. The summed E-state index contributed by atoms with van der Waals surface area (Å²) in [5, 5.41) is 3.73. The second-order valence-corrected chi connectivity index (χ2v) is 7.57. The van der Waals surface area contributed by atoms with Crippen LogP contribution in [0.3, 0.4) is 0 Å². The molecule has 2 fully saturated rings. The molecular formula is C21H23ClN2O. The quantitative estimate of drug-likeness (QED) is 0.889. The molecule has 130 valence electrons. The highest BCUT2D eigenvalue weighted by atomic mass is 35.5. The van der Waals surface area contributed by atoms with Crippen LogP contribution in [0.2, 0.25) is 5.02 Å². The van der Waals surface area contributed by atoms with Gasteiger partial charge in [0.15, 0.2) is 0 Å². The fraction of sp³-hybridized carbons (Fsp3) is 0.381. The first kappa shape index (κ1) is 16.6. The van der Waals surface area contributed by atoms with Crippen LogP contribution < -0.4 is 5.32 Å². The van der Waals surface area contributed by atoms with Gasteiger partial charge in [-0.05, 0) is 43.4 Å². The van der Waals surface area contributed by atoms with Gasteiger partial charge in [-0.15, -0.1) is 0 Å². The van der Waals surface area contributed by atoms with Gasteiger partial charge in [0, 0.05) is 24.7 Å². The maximum atomic E-state index is 12.5. The fourth-order valence-electron chi connectivity index (χ4n) is 4.35. The van der Waals surface area contributed by atoms with Crippen LogP contribution in [0.25, 0.3) is 0 Å². The lowest BCUT2D eigenvalue weighted by molar-refractivity contribution is 0.0828. The number of halogens is 1. The van der Waals surface area contributed by atoms with Gasteiger partial charge in [0.1, 0.15) is 0 Å². The third-order valence-corrected chi connectivity index (χ3v) is 5.88. The second kappa shape index (κ2) is 7.19. The Morgan fingerprint density at radius 2 is 1.64 bits per heavy atom. The Hall–Kier alpha value is -1.84. The number of benzene rings is 2. The van der Waals surface area contributed by atoms with Crippen LogP contribution in [-0.2, 0) is 6.54 Å². The first-order valence-electron chi connectivity index (χ1n) is 9.06. The summed E-state index contributed by atoms with van der Waals surface area (Å²) in [5.74, 6) is -0.0495. The van der Waals surface area contributed by atoms with Crippen molar-refractivity contribution in [2.75, 3.05) is 0 Å². The van der Waals surface area contributed by atoms with Gasteiger partial charge in [0.05, 0.1) is 10.6 Å². The molecule has 2 heterocycles. The van der Waals surface area contributed by atoms with E-state index < -0.39 is 0 Å². The number of carbonyl (C=O) groups is 1. The first-order chi connectivity index (χ1) is 12.2. The zero-order valence-corrected chi connectivity index (χ0v) is 15.0. The number of carbonyl (C=O) groups excluding carboxylic acids is 1. The lowest BCUT2D eigenvalue weighted by Crippen LogP contribution is -2.50. The summed E-state index contributed by atoms with van der Waals surface area (Å²) in [7, 11) is 0. The maximum absolute atomic E-state index is 12.5. The number of amides is 1. The Labute approximate surface area is 154 Å². The monoisotopic (exact) mass is 354 g/mol. The second-order valence-electron chi connectivity index (χ2n) is 7.16. The van der Waals surface area contributed by atoms with Crippen LogP contribution >= 0.6 is 11.6 Å². The Bertz CT molecular complexity index is 735. The minimum atomic E-state index is -0.0495. The molecule has 2 aliphatic rings. The summed E-state index contributed by atoms with van der Waals surface area (Å²) in [6.07, 6.45) is 4.52. The van der Waals surface area contributed by atoms with Gasteiger partial charge in [-0.1, -0.05) is 54.1 Å². The van der Waals surface area contributed by atoms with Crippen molar-refractivity contribution in [3.63, 3.8) is 0 Å². The van der Waals surface area contributed by atoms with Crippen molar-refractivity contribution in [3.05, 3.63) is 70.7 Å². The molecule has 1 amide bonds. The number of rotatable bonds is 4. The van der Waals surface area contributed by atoms with Crippen molar-refractivity contribution in [1.82, 2.24) is 10.2 Å². The molecule has 3 nitrogen and oxygen atoms in total. The van der Waals surface area contributed by atoms with E-state index in [1.165, 1.54) is 18.4 Å². The van der Waals surface area contributed by atoms with Crippen LogP contribution in [0.15, 0.2) is 54.6 Å². The van der Waals surface area contributed by atoms with Gasteiger partial charge in [0.25, 0.3) is 5.91 Å². The molecule has 4 heteroatoms. The molecule has 2 aromatic rings. The van der Waals surface area contributed by atoms with E-state index in [9.17, 15) is 4.79 Å². The summed E-state index contributed by atoms with van der Waals surface area (Å²) >= 11 is 6.15. The molecule has 2 bridgehead atoms. The Morgan fingerprint density at radius 3 is 2.32 bits per heavy atom. The van der Waals surface area contributed by atoms with Crippen molar-refractivity contribution in [2.24, 2.45) is 0 Å². The standard InChI is InChI=1S/C21H23ClN2O/c22-20-9-5-4-8-19(20)21(25)23-16-12-17-10-11-18(13-16)24(17)14-15-6-2-1-3-7-15/h1-9,16-18H,10-14H2,(H,23,25)/t16?,17-,18+.